The molecule has 0 fully saturated rings. The molecule has 1 aromatic carbocycles. The fraction of sp³-hybridized carbons (Fsp3) is 0.308. The molecule has 0 spiro atoms. The SMILES string of the molecule is FC(F)(F)c1ccccc1-n1ncc2c1CNCC2. The Morgan fingerprint density at radius 1 is 1.21 bits per heavy atom. The normalized spacial score (nSPS) is 15.3. The van der Waals surface area contributed by atoms with Gasteiger partial charge in [-0.15, -0.1) is 0 Å². The predicted molar refractivity (Wildman–Crippen MR) is 64.0 cm³/mol. The summed E-state index contributed by atoms with van der Waals surface area (Å²) in [6, 6.07) is 5.51. The van der Waals surface area contributed by atoms with Gasteiger partial charge in [0.25, 0.3) is 0 Å². The van der Waals surface area contributed by atoms with Crippen molar-refractivity contribution in [3.63, 3.8) is 0 Å². The van der Waals surface area contributed by atoms with E-state index in [1.165, 1.54) is 16.8 Å². The fourth-order valence-electron chi connectivity index (χ4n) is 2.34. The van der Waals surface area contributed by atoms with Crippen molar-refractivity contribution in [2.75, 3.05) is 6.54 Å². The first kappa shape index (κ1) is 12.2. The number of nitrogens with zero attached hydrogens (tertiary/aromatic N) is 2. The Bertz CT molecular complexity index is 601. The van der Waals surface area contributed by atoms with Gasteiger partial charge in [-0.05, 0) is 30.7 Å². The second-order valence-corrected chi connectivity index (χ2v) is 4.47. The number of para-hydroxylation sites is 1. The molecule has 6 heteroatoms. The van der Waals surface area contributed by atoms with Crippen molar-refractivity contribution in [2.45, 2.75) is 19.1 Å². The lowest BCUT2D eigenvalue weighted by Gasteiger charge is -2.18. The summed E-state index contributed by atoms with van der Waals surface area (Å²) >= 11 is 0. The summed E-state index contributed by atoms with van der Waals surface area (Å²) in [4.78, 5) is 0. The Morgan fingerprint density at radius 3 is 2.79 bits per heavy atom. The highest BCUT2D eigenvalue weighted by molar-refractivity contribution is 5.44. The van der Waals surface area contributed by atoms with E-state index < -0.39 is 11.7 Å². The molecule has 0 bridgehead atoms. The van der Waals surface area contributed by atoms with Crippen molar-refractivity contribution >= 4 is 0 Å². The van der Waals surface area contributed by atoms with Crippen LogP contribution >= 0.6 is 0 Å². The molecule has 0 aliphatic carbocycles. The van der Waals surface area contributed by atoms with Gasteiger partial charge in [0.15, 0.2) is 0 Å². The molecular formula is C13H12F3N3. The minimum absolute atomic E-state index is 0.0833. The summed E-state index contributed by atoms with van der Waals surface area (Å²) in [6.45, 7) is 1.38. The Kier molecular flexibility index (Phi) is 2.82. The first-order chi connectivity index (χ1) is 9.07. The van der Waals surface area contributed by atoms with E-state index in [1.807, 2.05) is 0 Å². The predicted octanol–water partition coefficient (Wildman–Crippen LogP) is 2.54. The third kappa shape index (κ3) is 2.12. The second kappa shape index (κ2) is 4.38. The van der Waals surface area contributed by atoms with Crippen LogP contribution in [0.2, 0.25) is 0 Å². The van der Waals surface area contributed by atoms with Crippen LogP contribution in [0.3, 0.4) is 0 Å². The smallest absolute Gasteiger partial charge is 0.311 e. The van der Waals surface area contributed by atoms with E-state index in [9.17, 15) is 13.2 Å². The van der Waals surface area contributed by atoms with E-state index in [4.69, 9.17) is 0 Å². The Balaban J connectivity index is 2.15. The van der Waals surface area contributed by atoms with E-state index in [0.717, 1.165) is 30.3 Å². The molecule has 1 aliphatic heterocycles. The maximum absolute atomic E-state index is 13.0. The number of alkyl halides is 3. The third-order valence-corrected chi connectivity index (χ3v) is 3.26. The van der Waals surface area contributed by atoms with Crippen LogP contribution in [0.4, 0.5) is 13.2 Å². The van der Waals surface area contributed by atoms with Crippen LogP contribution < -0.4 is 5.32 Å². The molecule has 100 valence electrons. The third-order valence-electron chi connectivity index (χ3n) is 3.26. The summed E-state index contributed by atoms with van der Waals surface area (Å²) in [5.41, 5.74) is 1.24. The van der Waals surface area contributed by atoms with Gasteiger partial charge in [0.1, 0.15) is 0 Å². The van der Waals surface area contributed by atoms with Crippen molar-refractivity contribution in [3.8, 4) is 5.69 Å². The van der Waals surface area contributed by atoms with E-state index in [1.54, 1.807) is 12.3 Å². The molecular weight excluding hydrogens is 255 g/mol. The largest absolute Gasteiger partial charge is 0.418 e. The number of nitrogens with one attached hydrogen (secondary N) is 1. The monoisotopic (exact) mass is 267 g/mol. The molecule has 0 atom stereocenters. The molecule has 1 aliphatic rings. The lowest BCUT2D eigenvalue weighted by atomic mass is 10.1. The summed E-state index contributed by atoms with van der Waals surface area (Å²) in [5, 5.41) is 7.27. The molecule has 1 N–H and O–H groups in total. The number of benzene rings is 1. The topological polar surface area (TPSA) is 29.9 Å². The molecule has 0 radical (unpaired) electrons. The van der Waals surface area contributed by atoms with Gasteiger partial charge in [0, 0.05) is 6.54 Å². The molecule has 3 rings (SSSR count). The Labute approximate surface area is 108 Å². The summed E-state index contributed by atoms with van der Waals surface area (Å²) in [6.07, 6.45) is -1.93. The van der Waals surface area contributed by atoms with Gasteiger partial charge in [-0.1, -0.05) is 12.1 Å². The molecule has 1 aromatic heterocycles. The van der Waals surface area contributed by atoms with Crippen molar-refractivity contribution in [1.82, 2.24) is 15.1 Å². The van der Waals surface area contributed by atoms with Crippen LogP contribution in [0.25, 0.3) is 5.69 Å². The van der Waals surface area contributed by atoms with Gasteiger partial charge >= 0.3 is 6.18 Å². The molecule has 0 saturated carbocycles. The number of halogens is 3. The highest BCUT2D eigenvalue weighted by Crippen LogP contribution is 2.34. The van der Waals surface area contributed by atoms with E-state index >= 15 is 0 Å². The van der Waals surface area contributed by atoms with Gasteiger partial charge in [0.2, 0.25) is 0 Å². The fourth-order valence-corrected chi connectivity index (χ4v) is 2.34. The van der Waals surface area contributed by atoms with Crippen LogP contribution in [0.5, 0.6) is 0 Å². The van der Waals surface area contributed by atoms with Crippen molar-refractivity contribution in [3.05, 3.63) is 47.3 Å². The minimum Gasteiger partial charge on any atom is -0.311 e. The van der Waals surface area contributed by atoms with Crippen LogP contribution in [0, 0.1) is 0 Å². The maximum atomic E-state index is 13.0. The summed E-state index contributed by atoms with van der Waals surface area (Å²) in [5.74, 6) is 0. The number of fused-ring (bicyclic) bond motifs is 1. The van der Waals surface area contributed by atoms with Crippen molar-refractivity contribution in [1.29, 1.82) is 0 Å². The van der Waals surface area contributed by atoms with Gasteiger partial charge < -0.3 is 5.32 Å². The molecule has 19 heavy (non-hydrogen) atoms. The molecule has 2 heterocycles. The van der Waals surface area contributed by atoms with E-state index in [-0.39, 0.29) is 5.69 Å². The van der Waals surface area contributed by atoms with Crippen LogP contribution in [-0.2, 0) is 19.1 Å². The van der Waals surface area contributed by atoms with Gasteiger partial charge in [-0.3, -0.25) is 0 Å². The van der Waals surface area contributed by atoms with Crippen LogP contribution in [0.1, 0.15) is 16.8 Å². The van der Waals surface area contributed by atoms with Gasteiger partial charge in [0.05, 0.1) is 23.1 Å². The number of rotatable bonds is 1. The molecule has 3 nitrogen and oxygen atoms in total. The van der Waals surface area contributed by atoms with E-state index in [0.29, 0.717) is 6.54 Å². The zero-order valence-corrected chi connectivity index (χ0v) is 10.0. The summed E-state index contributed by atoms with van der Waals surface area (Å²) in [7, 11) is 0. The van der Waals surface area contributed by atoms with E-state index in [2.05, 4.69) is 10.4 Å². The standard InChI is InChI=1S/C13H12F3N3/c14-13(15,16)10-3-1-2-4-11(10)19-12-8-17-6-5-9(12)7-18-19/h1-4,7,17H,5-6,8H2. The van der Waals surface area contributed by atoms with Crippen molar-refractivity contribution in [2.24, 2.45) is 0 Å². The lowest BCUT2D eigenvalue weighted by molar-refractivity contribution is -0.137. The first-order valence-corrected chi connectivity index (χ1v) is 6.00. The minimum atomic E-state index is -4.38. The highest BCUT2D eigenvalue weighted by Gasteiger charge is 2.34. The summed E-state index contributed by atoms with van der Waals surface area (Å²) < 4.78 is 40.4. The number of aromatic nitrogens is 2. The lowest BCUT2D eigenvalue weighted by Crippen LogP contribution is -2.25. The van der Waals surface area contributed by atoms with Crippen molar-refractivity contribution < 1.29 is 13.2 Å². The number of hydrogen-bond donors (Lipinski definition) is 1. The zero-order chi connectivity index (χ0) is 13.5. The molecule has 0 amide bonds. The zero-order valence-electron chi connectivity index (χ0n) is 10.0. The quantitative estimate of drug-likeness (QED) is 0.860. The number of hydrogen-bond acceptors (Lipinski definition) is 2. The Hall–Kier alpha value is -1.82. The van der Waals surface area contributed by atoms with Crippen LogP contribution in [-0.4, -0.2) is 16.3 Å². The van der Waals surface area contributed by atoms with Crippen LogP contribution in [0.15, 0.2) is 30.5 Å². The average Bonchev–Trinajstić information content (AvgIpc) is 2.81. The van der Waals surface area contributed by atoms with Gasteiger partial charge in [-0.2, -0.15) is 18.3 Å². The average molecular weight is 267 g/mol. The highest BCUT2D eigenvalue weighted by atomic mass is 19.4. The van der Waals surface area contributed by atoms with Gasteiger partial charge in [-0.25, -0.2) is 4.68 Å². The second-order valence-electron chi connectivity index (χ2n) is 4.47. The molecule has 0 saturated heterocycles. The first-order valence-electron chi connectivity index (χ1n) is 6.00. The molecule has 2 aromatic rings. The Morgan fingerprint density at radius 2 is 2.00 bits per heavy atom. The molecule has 0 unspecified atom stereocenters. The maximum Gasteiger partial charge on any atom is 0.418 e.